The maximum Gasteiger partial charge on any atom is 0.276 e. The first kappa shape index (κ1) is 17.5. The van der Waals surface area contributed by atoms with Crippen LogP contribution in [0.5, 0.6) is 0 Å². The van der Waals surface area contributed by atoms with Gasteiger partial charge in [0, 0.05) is 30.5 Å². The highest BCUT2D eigenvalue weighted by molar-refractivity contribution is 7.98. The van der Waals surface area contributed by atoms with E-state index in [0.29, 0.717) is 22.3 Å². The lowest BCUT2D eigenvalue weighted by Gasteiger charge is -2.04. The van der Waals surface area contributed by atoms with Gasteiger partial charge in [0.2, 0.25) is 0 Å². The molecular formula is C16H13N5O4S. The summed E-state index contributed by atoms with van der Waals surface area (Å²) in [6.07, 6.45) is 0. The van der Waals surface area contributed by atoms with Crippen molar-refractivity contribution in [2.75, 3.05) is 0 Å². The lowest BCUT2D eigenvalue weighted by molar-refractivity contribution is -0.394. The highest BCUT2D eigenvalue weighted by Gasteiger charge is 2.17. The first-order chi connectivity index (χ1) is 12.5. The van der Waals surface area contributed by atoms with E-state index >= 15 is 0 Å². The Hall–Kier alpha value is -3.27. The Morgan fingerprint density at radius 2 is 1.62 bits per heavy atom. The van der Waals surface area contributed by atoms with Crippen molar-refractivity contribution in [3.05, 3.63) is 74.3 Å². The molecule has 0 bridgehead atoms. The predicted molar refractivity (Wildman–Crippen MR) is 95.8 cm³/mol. The minimum Gasteiger partial charge on any atom is -0.305 e. The third kappa shape index (κ3) is 3.70. The molecule has 0 saturated heterocycles. The monoisotopic (exact) mass is 371 g/mol. The highest BCUT2D eigenvalue weighted by atomic mass is 32.2. The van der Waals surface area contributed by atoms with Crippen LogP contribution in [0.15, 0.2) is 53.7 Å². The number of aromatic nitrogens is 3. The SMILES string of the molecule is Cn1c(SCc2cc([N+](=O)[O-])cc([N+](=O)[O-])c2)nnc1-c1ccccc1. The standard InChI is InChI=1S/C16H13N5O4S/c1-19-15(12-5-3-2-4-6-12)17-18-16(19)26-10-11-7-13(20(22)23)9-14(8-11)21(24)25/h2-9H,10H2,1H3. The van der Waals surface area contributed by atoms with Crippen molar-refractivity contribution >= 4 is 23.1 Å². The molecule has 0 N–H and O–H groups in total. The van der Waals surface area contributed by atoms with Crippen molar-refractivity contribution in [2.45, 2.75) is 10.9 Å². The fourth-order valence-corrected chi connectivity index (χ4v) is 3.22. The predicted octanol–water partition coefficient (Wildman–Crippen LogP) is 3.59. The lowest BCUT2D eigenvalue weighted by Crippen LogP contribution is -1.97. The summed E-state index contributed by atoms with van der Waals surface area (Å²) < 4.78 is 1.81. The first-order valence-corrected chi connectivity index (χ1v) is 8.44. The molecular weight excluding hydrogens is 358 g/mol. The summed E-state index contributed by atoms with van der Waals surface area (Å²) in [4.78, 5) is 20.6. The van der Waals surface area contributed by atoms with Gasteiger partial charge in [-0.1, -0.05) is 42.1 Å². The van der Waals surface area contributed by atoms with E-state index < -0.39 is 9.85 Å². The topological polar surface area (TPSA) is 117 Å². The molecule has 0 fully saturated rings. The molecule has 26 heavy (non-hydrogen) atoms. The minimum absolute atomic E-state index is 0.295. The normalized spacial score (nSPS) is 10.7. The maximum absolute atomic E-state index is 11.0. The van der Waals surface area contributed by atoms with Crippen molar-refractivity contribution in [2.24, 2.45) is 7.05 Å². The molecule has 0 saturated carbocycles. The molecule has 132 valence electrons. The smallest absolute Gasteiger partial charge is 0.276 e. The average Bonchev–Trinajstić information content (AvgIpc) is 3.01. The molecule has 0 atom stereocenters. The van der Waals surface area contributed by atoms with Crippen LogP contribution < -0.4 is 0 Å². The van der Waals surface area contributed by atoms with E-state index in [1.54, 1.807) is 0 Å². The number of nitrogens with zero attached hydrogens (tertiary/aromatic N) is 5. The van der Waals surface area contributed by atoms with E-state index in [2.05, 4.69) is 10.2 Å². The van der Waals surface area contributed by atoms with Crippen LogP contribution in [0.1, 0.15) is 5.56 Å². The average molecular weight is 371 g/mol. The summed E-state index contributed by atoms with van der Waals surface area (Å²) in [5.74, 6) is 0.988. The van der Waals surface area contributed by atoms with Crippen LogP contribution in [0.3, 0.4) is 0 Å². The molecule has 0 unspecified atom stereocenters. The van der Waals surface area contributed by atoms with Gasteiger partial charge in [-0.15, -0.1) is 10.2 Å². The van der Waals surface area contributed by atoms with E-state index in [1.165, 1.54) is 23.9 Å². The molecule has 1 heterocycles. The van der Waals surface area contributed by atoms with Crippen LogP contribution in [0.4, 0.5) is 11.4 Å². The zero-order valence-electron chi connectivity index (χ0n) is 13.6. The van der Waals surface area contributed by atoms with E-state index in [1.807, 2.05) is 41.9 Å². The number of rotatable bonds is 6. The van der Waals surface area contributed by atoms with Crippen LogP contribution >= 0.6 is 11.8 Å². The number of nitro benzene ring substituents is 2. The van der Waals surface area contributed by atoms with Crippen LogP contribution in [0, 0.1) is 20.2 Å². The van der Waals surface area contributed by atoms with Crippen molar-refractivity contribution in [3.8, 4) is 11.4 Å². The van der Waals surface area contributed by atoms with E-state index in [4.69, 9.17) is 0 Å². The minimum atomic E-state index is -0.642. The highest BCUT2D eigenvalue weighted by Crippen LogP contribution is 2.29. The molecule has 0 spiro atoms. The maximum atomic E-state index is 11.0. The van der Waals surface area contributed by atoms with Crippen molar-refractivity contribution in [3.63, 3.8) is 0 Å². The summed E-state index contributed by atoms with van der Waals surface area (Å²) in [5, 5.41) is 30.8. The van der Waals surface area contributed by atoms with Crippen LogP contribution in [0.25, 0.3) is 11.4 Å². The van der Waals surface area contributed by atoms with Gasteiger partial charge in [0.25, 0.3) is 11.4 Å². The van der Waals surface area contributed by atoms with Crippen LogP contribution in [0.2, 0.25) is 0 Å². The number of thioether (sulfide) groups is 1. The van der Waals surface area contributed by atoms with Crippen molar-refractivity contribution in [1.82, 2.24) is 14.8 Å². The van der Waals surface area contributed by atoms with Gasteiger partial charge in [0.15, 0.2) is 11.0 Å². The summed E-state index contributed by atoms with van der Waals surface area (Å²) in [6, 6.07) is 13.2. The van der Waals surface area contributed by atoms with Crippen molar-refractivity contribution < 1.29 is 9.85 Å². The Morgan fingerprint density at radius 3 is 2.19 bits per heavy atom. The Labute approximate surface area is 152 Å². The third-order valence-electron chi connectivity index (χ3n) is 3.62. The molecule has 1 aromatic heterocycles. The molecule has 0 aliphatic heterocycles. The lowest BCUT2D eigenvalue weighted by atomic mass is 10.2. The summed E-state index contributed by atoms with van der Waals surface area (Å²) in [6.45, 7) is 0. The quantitative estimate of drug-likeness (QED) is 0.369. The van der Waals surface area contributed by atoms with Gasteiger partial charge in [-0.25, -0.2) is 0 Å². The van der Waals surface area contributed by atoms with E-state index in [-0.39, 0.29) is 11.4 Å². The molecule has 10 heteroatoms. The number of hydrogen-bond acceptors (Lipinski definition) is 7. The van der Waals surface area contributed by atoms with Gasteiger partial charge in [0.1, 0.15) is 0 Å². The number of hydrogen-bond donors (Lipinski definition) is 0. The molecule has 0 radical (unpaired) electrons. The molecule has 0 amide bonds. The molecule has 0 aliphatic carbocycles. The van der Waals surface area contributed by atoms with Gasteiger partial charge in [0.05, 0.1) is 15.9 Å². The second-order valence-electron chi connectivity index (χ2n) is 5.39. The van der Waals surface area contributed by atoms with Gasteiger partial charge in [-0.2, -0.15) is 0 Å². The third-order valence-corrected chi connectivity index (χ3v) is 4.71. The second kappa shape index (κ2) is 7.31. The summed E-state index contributed by atoms with van der Waals surface area (Å²) in [5.41, 5.74) is 0.774. The Morgan fingerprint density at radius 1 is 1.00 bits per heavy atom. The zero-order valence-corrected chi connectivity index (χ0v) is 14.4. The van der Waals surface area contributed by atoms with Gasteiger partial charge in [-0.3, -0.25) is 20.2 Å². The fraction of sp³-hybridized carbons (Fsp3) is 0.125. The summed E-state index contributed by atoms with van der Waals surface area (Å²) in [7, 11) is 1.82. The Balaban J connectivity index is 1.83. The van der Waals surface area contributed by atoms with Crippen LogP contribution in [-0.2, 0) is 12.8 Å². The van der Waals surface area contributed by atoms with E-state index in [9.17, 15) is 20.2 Å². The van der Waals surface area contributed by atoms with Gasteiger partial charge < -0.3 is 4.57 Å². The number of benzene rings is 2. The zero-order chi connectivity index (χ0) is 18.7. The Bertz CT molecular complexity index is 942. The molecule has 3 aromatic rings. The summed E-state index contributed by atoms with van der Waals surface area (Å²) >= 11 is 1.30. The molecule has 9 nitrogen and oxygen atoms in total. The van der Waals surface area contributed by atoms with Crippen molar-refractivity contribution in [1.29, 1.82) is 0 Å². The Kier molecular flexibility index (Phi) is 4.94. The second-order valence-corrected chi connectivity index (χ2v) is 6.33. The van der Waals surface area contributed by atoms with Crippen LogP contribution in [-0.4, -0.2) is 24.6 Å². The molecule has 2 aromatic carbocycles. The van der Waals surface area contributed by atoms with E-state index in [0.717, 1.165) is 11.6 Å². The molecule has 0 aliphatic rings. The fourth-order valence-electron chi connectivity index (χ4n) is 2.38. The van der Waals surface area contributed by atoms with Gasteiger partial charge in [-0.05, 0) is 5.56 Å². The number of non-ortho nitro benzene ring substituents is 2. The van der Waals surface area contributed by atoms with Gasteiger partial charge >= 0.3 is 0 Å². The molecule has 3 rings (SSSR count). The first-order valence-electron chi connectivity index (χ1n) is 7.46. The number of nitro groups is 2. The largest absolute Gasteiger partial charge is 0.305 e.